The summed E-state index contributed by atoms with van der Waals surface area (Å²) >= 11 is 0. The Morgan fingerprint density at radius 1 is 1.33 bits per heavy atom. The molecule has 0 saturated carbocycles. The summed E-state index contributed by atoms with van der Waals surface area (Å²) in [6, 6.07) is 0. The van der Waals surface area contributed by atoms with Crippen LogP contribution in [0.4, 0.5) is 5.82 Å². The van der Waals surface area contributed by atoms with Crippen molar-refractivity contribution in [3.05, 3.63) is 18.1 Å². The highest BCUT2D eigenvalue weighted by molar-refractivity contribution is 5.92. The van der Waals surface area contributed by atoms with E-state index in [9.17, 15) is 4.79 Å². The van der Waals surface area contributed by atoms with E-state index in [-0.39, 0.29) is 5.91 Å². The number of ether oxygens (including phenoxy) is 1. The van der Waals surface area contributed by atoms with Crippen molar-refractivity contribution in [1.82, 2.24) is 19.8 Å². The summed E-state index contributed by atoms with van der Waals surface area (Å²) in [6.07, 6.45) is 6.60. The van der Waals surface area contributed by atoms with E-state index >= 15 is 0 Å². The van der Waals surface area contributed by atoms with Crippen molar-refractivity contribution in [3.8, 4) is 0 Å². The zero-order valence-electron chi connectivity index (χ0n) is 14.4. The summed E-state index contributed by atoms with van der Waals surface area (Å²) in [5.41, 5.74) is 0.440. The molecule has 2 aliphatic rings. The minimum atomic E-state index is -0.00439. The van der Waals surface area contributed by atoms with Crippen molar-refractivity contribution in [1.29, 1.82) is 0 Å². The van der Waals surface area contributed by atoms with Crippen LogP contribution in [0.1, 0.15) is 29.8 Å². The van der Waals surface area contributed by atoms with Crippen molar-refractivity contribution in [2.45, 2.75) is 19.3 Å². The van der Waals surface area contributed by atoms with Gasteiger partial charge in [0.1, 0.15) is 11.5 Å². The van der Waals surface area contributed by atoms with Crippen LogP contribution in [0.15, 0.2) is 12.4 Å². The number of methoxy groups -OCH3 is 1. The molecule has 3 heterocycles. The molecule has 0 spiro atoms. The number of likely N-dealkylation sites (tertiary alicyclic amines) is 2. The lowest BCUT2D eigenvalue weighted by atomic mass is 10.1. The standard InChI is InChI=1S/C17H27N5O2/c1-24-9-8-21-7-4-14(13-21)10-19-16-12-18-11-15(20-16)17(23)22-5-2-3-6-22/h11-12,14H,2-10,13H2,1H3,(H,19,20). The summed E-state index contributed by atoms with van der Waals surface area (Å²) < 4.78 is 5.13. The first kappa shape index (κ1) is 17.1. The summed E-state index contributed by atoms with van der Waals surface area (Å²) in [6.45, 7) is 6.50. The molecule has 24 heavy (non-hydrogen) atoms. The van der Waals surface area contributed by atoms with E-state index in [2.05, 4.69) is 20.2 Å². The first-order chi connectivity index (χ1) is 11.8. The number of amides is 1. The Bertz CT molecular complexity index is 548. The van der Waals surface area contributed by atoms with Crippen molar-refractivity contribution in [2.24, 2.45) is 5.92 Å². The molecule has 7 nitrogen and oxygen atoms in total. The molecule has 1 aromatic rings. The maximum atomic E-state index is 12.4. The molecular weight excluding hydrogens is 306 g/mol. The Labute approximate surface area is 143 Å². The first-order valence-electron chi connectivity index (χ1n) is 8.83. The fraction of sp³-hybridized carbons (Fsp3) is 0.706. The van der Waals surface area contributed by atoms with Gasteiger partial charge in [-0.3, -0.25) is 9.78 Å². The first-order valence-corrected chi connectivity index (χ1v) is 8.83. The van der Waals surface area contributed by atoms with E-state index in [1.165, 1.54) is 6.42 Å². The Hall–Kier alpha value is -1.73. The molecule has 3 rings (SSSR count). The second-order valence-corrected chi connectivity index (χ2v) is 6.62. The molecule has 0 aliphatic carbocycles. The summed E-state index contributed by atoms with van der Waals surface area (Å²) in [5, 5.41) is 3.35. The zero-order valence-corrected chi connectivity index (χ0v) is 14.4. The van der Waals surface area contributed by atoms with E-state index in [0.29, 0.717) is 17.4 Å². The van der Waals surface area contributed by atoms with Crippen molar-refractivity contribution in [3.63, 3.8) is 0 Å². The Morgan fingerprint density at radius 2 is 2.17 bits per heavy atom. The van der Waals surface area contributed by atoms with Crippen LogP contribution in [0.5, 0.6) is 0 Å². The van der Waals surface area contributed by atoms with Gasteiger partial charge in [0.15, 0.2) is 0 Å². The highest BCUT2D eigenvalue weighted by atomic mass is 16.5. The quantitative estimate of drug-likeness (QED) is 0.805. The van der Waals surface area contributed by atoms with Gasteiger partial charge in [-0.1, -0.05) is 0 Å². The van der Waals surface area contributed by atoms with E-state index in [0.717, 1.165) is 58.7 Å². The van der Waals surface area contributed by atoms with Crippen LogP contribution in [0.2, 0.25) is 0 Å². The van der Waals surface area contributed by atoms with Crippen molar-refractivity contribution in [2.75, 3.05) is 58.3 Å². The fourth-order valence-corrected chi connectivity index (χ4v) is 3.39. The molecule has 1 amide bonds. The number of hydrogen-bond acceptors (Lipinski definition) is 6. The van der Waals surface area contributed by atoms with Gasteiger partial charge in [-0.25, -0.2) is 4.98 Å². The minimum Gasteiger partial charge on any atom is -0.383 e. The number of rotatable bonds is 7. The topological polar surface area (TPSA) is 70.6 Å². The molecule has 2 saturated heterocycles. The normalized spacial score (nSPS) is 21.4. The van der Waals surface area contributed by atoms with Gasteiger partial charge in [-0.15, -0.1) is 0 Å². The summed E-state index contributed by atoms with van der Waals surface area (Å²) in [4.78, 5) is 25.3. The van der Waals surface area contributed by atoms with Crippen LogP contribution >= 0.6 is 0 Å². The van der Waals surface area contributed by atoms with Crippen LogP contribution in [0.25, 0.3) is 0 Å². The second-order valence-electron chi connectivity index (χ2n) is 6.62. The van der Waals surface area contributed by atoms with Gasteiger partial charge >= 0.3 is 0 Å². The summed E-state index contributed by atoms with van der Waals surface area (Å²) in [5.74, 6) is 1.28. The van der Waals surface area contributed by atoms with Crippen LogP contribution < -0.4 is 5.32 Å². The number of aromatic nitrogens is 2. The zero-order chi connectivity index (χ0) is 16.8. The number of nitrogens with zero attached hydrogens (tertiary/aromatic N) is 4. The average Bonchev–Trinajstić information content (AvgIpc) is 3.29. The van der Waals surface area contributed by atoms with Gasteiger partial charge in [0, 0.05) is 39.8 Å². The second kappa shape index (κ2) is 8.39. The molecule has 132 valence electrons. The Morgan fingerprint density at radius 3 is 2.96 bits per heavy atom. The maximum Gasteiger partial charge on any atom is 0.274 e. The van der Waals surface area contributed by atoms with E-state index < -0.39 is 0 Å². The predicted octanol–water partition coefficient (Wildman–Crippen LogP) is 1.09. The van der Waals surface area contributed by atoms with Gasteiger partial charge in [0.05, 0.1) is 19.0 Å². The Balaban J connectivity index is 1.49. The SMILES string of the molecule is COCCN1CCC(CNc2cncc(C(=O)N3CCCC3)n2)C1. The van der Waals surface area contributed by atoms with E-state index in [4.69, 9.17) is 4.74 Å². The van der Waals surface area contributed by atoms with Crippen molar-refractivity contribution >= 4 is 11.7 Å². The molecule has 1 unspecified atom stereocenters. The minimum absolute atomic E-state index is 0.00439. The van der Waals surface area contributed by atoms with Gasteiger partial charge in [-0.2, -0.15) is 0 Å². The predicted molar refractivity (Wildman–Crippen MR) is 92.1 cm³/mol. The van der Waals surface area contributed by atoms with Crippen LogP contribution in [-0.4, -0.2) is 78.7 Å². The molecule has 2 fully saturated rings. The monoisotopic (exact) mass is 333 g/mol. The number of hydrogen-bond donors (Lipinski definition) is 1. The van der Waals surface area contributed by atoms with Crippen LogP contribution in [0, 0.1) is 5.92 Å². The van der Waals surface area contributed by atoms with Crippen molar-refractivity contribution < 1.29 is 9.53 Å². The van der Waals surface area contributed by atoms with Gasteiger partial charge in [0.2, 0.25) is 0 Å². The molecule has 0 radical (unpaired) electrons. The lowest BCUT2D eigenvalue weighted by Crippen LogP contribution is -2.29. The smallest absolute Gasteiger partial charge is 0.274 e. The third kappa shape index (κ3) is 4.42. The lowest BCUT2D eigenvalue weighted by molar-refractivity contribution is 0.0786. The van der Waals surface area contributed by atoms with E-state index in [1.54, 1.807) is 19.5 Å². The third-order valence-corrected chi connectivity index (χ3v) is 4.80. The number of carbonyl (C=O) groups is 1. The Kier molecular flexibility index (Phi) is 5.98. The van der Waals surface area contributed by atoms with Crippen LogP contribution in [0.3, 0.4) is 0 Å². The fourth-order valence-electron chi connectivity index (χ4n) is 3.39. The summed E-state index contributed by atoms with van der Waals surface area (Å²) in [7, 11) is 1.74. The highest BCUT2D eigenvalue weighted by Gasteiger charge is 2.23. The largest absolute Gasteiger partial charge is 0.383 e. The molecule has 2 aliphatic heterocycles. The van der Waals surface area contributed by atoms with E-state index in [1.807, 2.05) is 4.90 Å². The highest BCUT2D eigenvalue weighted by Crippen LogP contribution is 2.17. The molecule has 1 aromatic heterocycles. The molecular formula is C17H27N5O2. The van der Waals surface area contributed by atoms with Crippen LogP contribution in [-0.2, 0) is 4.74 Å². The van der Waals surface area contributed by atoms with Gasteiger partial charge in [-0.05, 0) is 31.7 Å². The third-order valence-electron chi connectivity index (χ3n) is 4.80. The molecule has 1 N–H and O–H groups in total. The molecule has 1 atom stereocenters. The maximum absolute atomic E-state index is 12.4. The lowest BCUT2D eigenvalue weighted by Gasteiger charge is -2.16. The average molecular weight is 333 g/mol. The molecule has 0 aromatic carbocycles. The van der Waals surface area contributed by atoms with Gasteiger partial charge in [0.25, 0.3) is 5.91 Å². The molecule has 0 bridgehead atoms. The molecule has 7 heteroatoms. The number of anilines is 1. The van der Waals surface area contributed by atoms with Gasteiger partial charge < -0.3 is 19.9 Å². The number of carbonyl (C=O) groups excluding carboxylic acids is 1. The number of nitrogens with one attached hydrogen (secondary N) is 1.